The molecule has 0 saturated heterocycles. The van der Waals surface area contributed by atoms with Crippen molar-refractivity contribution in [1.82, 2.24) is 9.97 Å². The maximum atomic E-state index is 12.5. The van der Waals surface area contributed by atoms with Gasteiger partial charge in [-0.25, -0.2) is 18.2 Å². The van der Waals surface area contributed by atoms with Gasteiger partial charge in [0.05, 0.1) is 21.4 Å². The topological polar surface area (TPSA) is 106 Å². The van der Waals surface area contributed by atoms with Crippen LogP contribution in [0.2, 0.25) is 0 Å². The monoisotopic (exact) mass is 386 g/mol. The molecule has 0 aliphatic heterocycles. The fraction of sp³-hybridized carbons (Fsp3) is 0.211. The zero-order valence-electron chi connectivity index (χ0n) is 15.0. The van der Waals surface area contributed by atoms with Gasteiger partial charge in [0.2, 0.25) is 0 Å². The van der Waals surface area contributed by atoms with Crippen molar-refractivity contribution in [3.8, 4) is 0 Å². The van der Waals surface area contributed by atoms with Crippen LogP contribution in [0, 0.1) is 6.92 Å². The second-order valence-electron chi connectivity index (χ2n) is 6.26. The molecular weight excluding hydrogens is 368 g/mol. The second kappa shape index (κ2) is 6.96. The molecule has 0 bridgehead atoms. The number of carbonyl (C=O) groups is 1. The van der Waals surface area contributed by atoms with Crippen LogP contribution in [0.1, 0.15) is 34.8 Å². The van der Waals surface area contributed by atoms with Crippen LogP contribution in [0.3, 0.4) is 0 Å². The Labute approximate surface area is 155 Å². The molecule has 2 aromatic carbocycles. The maximum Gasteiger partial charge on any atom is 0.339 e. The Morgan fingerprint density at radius 2 is 1.89 bits per heavy atom. The van der Waals surface area contributed by atoms with Crippen molar-refractivity contribution < 1.29 is 17.9 Å². The van der Waals surface area contributed by atoms with Gasteiger partial charge in [-0.05, 0) is 43.7 Å². The van der Waals surface area contributed by atoms with E-state index in [9.17, 15) is 18.0 Å². The predicted octanol–water partition coefficient (Wildman–Crippen LogP) is 2.55. The first kappa shape index (κ1) is 18.8. The van der Waals surface area contributed by atoms with Gasteiger partial charge in [-0.1, -0.05) is 18.2 Å². The highest BCUT2D eigenvalue weighted by molar-refractivity contribution is 7.90. The zero-order valence-corrected chi connectivity index (χ0v) is 15.8. The Hall–Kier alpha value is -3.00. The number of carbonyl (C=O) groups excluding carboxylic acids is 1. The predicted molar refractivity (Wildman–Crippen MR) is 100 cm³/mol. The molecule has 140 valence electrons. The average Bonchev–Trinajstić information content (AvgIpc) is 2.61. The molecule has 3 rings (SSSR count). The van der Waals surface area contributed by atoms with Crippen LogP contribution in [0.5, 0.6) is 0 Å². The molecule has 1 heterocycles. The van der Waals surface area contributed by atoms with E-state index in [2.05, 4.69) is 9.97 Å². The molecule has 27 heavy (non-hydrogen) atoms. The van der Waals surface area contributed by atoms with E-state index >= 15 is 0 Å². The van der Waals surface area contributed by atoms with Gasteiger partial charge in [-0.3, -0.25) is 4.79 Å². The Kier molecular flexibility index (Phi) is 4.84. The van der Waals surface area contributed by atoms with E-state index in [1.807, 2.05) is 0 Å². The van der Waals surface area contributed by atoms with Crippen LogP contribution in [0.4, 0.5) is 0 Å². The Morgan fingerprint density at radius 3 is 2.59 bits per heavy atom. The molecule has 0 radical (unpaired) electrons. The number of para-hydroxylation sites is 1. The lowest BCUT2D eigenvalue weighted by molar-refractivity contribution is 0.0319. The fourth-order valence-electron chi connectivity index (χ4n) is 2.63. The molecule has 1 unspecified atom stereocenters. The highest BCUT2D eigenvalue weighted by atomic mass is 32.2. The third-order valence-electron chi connectivity index (χ3n) is 4.16. The Morgan fingerprint density at radius 1 is 1.19 bits per heavy atom. The van der Waals surface area contributed by atoms with Gasteiger partial charge < -0.3 is 9.72 Å². The molecule has 1 aromatic heterocycles. The fourth-order valence-corrected chi connectivity index (χ4v) is 3.28. The normalized spacial score (nSPS) is 12.7. The summed E-state index contributed by atoms with van der Waals surface area (Å²) in [4.78, 5) is 31.7. The maximum absolute atomic E-state index is 12.5. The quantitative estimate of drug-likeness (QED) is 0.691. The number of nitrogens with zero attached hydrogens (tertiary/aromatic N) is 1. The number of aryl methyl sites for hydroxylation is 1. The van der Waals surface area contributed by atoms with E-state index in [0.29, 0.717) is 16.5 Å². The minimum atomic E-state index is -3.45. The number of benzene rings is 2. The third kappa shape index (κ3) is 3.90. The van der Waals surface area contributed by atoms with E-state index in [-0.39, 0.29) is 21.8 Å². The lowest BCUT2D eigenvalue weighted by Gasteiger charge is -2.14. The molecule has 7 nitrogen and oxygen atoms in total. The van der Waals surface area contributed by atoms with Crippen LogP contribution in [-0.4, -0.2) is 30.6 Å². The number of rotatable bonds is 4. The van der Waals surface area contributed by atoms with Crippen molar-refractivity contribution in [3.05, 3.63) is 69.8 Å². The van der Waals surface area contributed by atoms with Crippen LogP contribution >= 0.6 is 0 Å². The molecule has 3 aromatic rings. The number of H-pyrrole nitrogens is 1. The molecule has 0 fully saturated rings. The smallest absolute Gasteiger partial charge is 0.339 e. The second-order valence-corrected chi connectivity index (χ2v) is 8.28. The summed E-state index contributed by atoms with van der Waals surface area (Å²) in [5.74, 6) is -0.481. The van der Waals surface area contributed by atoms with Gasteiger partial charge in [-0.15, -0.1) is 0 Å². The number of hydrogen-bond acceptors (Lipinski definition) is 6. The summed E-state index contributed by atoms with van der Waals surface area (Å²) in [6.07, 6.45) is 0.246. The number of aromatic amines is 1. The number of esters is 1. The summed E-state index contributed by atoms with van der Waals surface area (Å²) in [7, 11) is -3.45. The number of aromatic nitrogens is 2. The van der Waals surface area contributed by atoms with Gasteiger partial charge in [0.15, 0.2) is 21.8 Å². The lowest BCUT2D eigenvalue weighted by Crippen LogP contribution is -2.18. The van der Waals surface area contributed by atoms with Gasteiger partial charge in [-0.2, -0.15) is 0 Å². The van der Waals surface area contributed by atoms with Gasteiger partial charge in [0.25, 0.3) is 5.56 Å². The van der Waals surface area contributed by atoms with Crippen LogP contribution in [-0.2, 0) is 14.6 Å². The Bertz CT molecular complexity index is 1200. The molecule has 0 aliphatic carbocycles. The number of nitrogens with one attached hydrogen (secondary N) is 1. The van der Waals surface area contributed by atoms with Crippen LogP contribution in [0.25, 0.3) is 10.9 Å². The minimum absolute atomic E-state index is 0.0324. The van der Waals surface area contributed by atoms with E-state index in [1.54, 1.807) is 44.2 Å². The molecule has 1 atom stereocenters. The summed E-state index contributed by atoms with van der Waals surface area (Å²) in [6.45, 7) is 3.27. The minimum Gasteiger partial charge on any atom is -0.451 e. The summed E-state index contributed by atoms with van der Waals surface area (Å²) in [5.41, 5.74) is 0.899. The Balaban J connectivity index is 1.92. The first-order valence-corrected chi connectivity index (χ1v) is 10.1. The SMILES string of the molecule is Cc1ccc(S(C)(=O)=O)cc1C(=O)OC(C)c1nc2ccccc2c(=O)[nH]1. The van der Waals surface area contributed by atoms with E-state index in [0.717, 1.165) is 6.26 Å². The summed E-state index contributed by atoms with van der Waals surface area (Å²) in [6, 6.07) is 11.1. The van der Waals surface area contributed by atoms with Crippen molar-refractivity contribution in [3.63, 3.8) is 0 Å². The van der Waals surface area contributed by atoms with Crippen LogP contribution < -0.4 is 5.56 Å². The number of ether oxygens (including phenoxy) is 1. The standard InChI is InChI=1S/C19H18N2O5S/c1-11-8-9-13(27(3,24)25)10-15(11)19(23)26-12(2)17-20-16-7-5-4-6-14(16)18(22)21-17/h4-10,12H,1-3H3,(H,20,21,22). The molecule has 0 aliphatic rings. The highest BCUT2D eigenvalue weighted by Crippen LogP contribution is 2.20. The zero-order chi connectivity index (χ0) is 19.8. The van der Waals surface area contributed by atoms with Crippen molar-refractivity contribution in [2.75, 3.05) is 6.26 Å². The first-order chi connectivity index (χ1) is 12.7. The highest BCUT2D eigenvalue weighted by Gasteiger charge is 2.20. The molecular formula is C19H18N2O5S. The lowest BCUT2D eigenvalue weighted by atomic mass is 10.1. The largest absolute Gasteiger partial charge is 0.451 e. The number of hydrogen-bond donors (Lipinski definition) is 1. The summed E-state index contributed by atoms with van der Waals surface area (Å²) < 4.78 is 28.9. The van der Waals surface area contributed by atoms with Crippen molar-refractivity contribution in [2.45, 2.75) is 24.8 Å². The molecule has 8 heteroatoms. The summed E-state index contributed by atoms with van der Waals surface area (Å²) >= 11 is 0. The summed E-state index contributed by atoms with van der Waals surface area (Å²) in [5, 5.41) is 0.441. The van der Waals surface area contributed by atoms with E-state index in [1.165, 1.54) is 12.1 Å². The van der Waals surface area contributed by atoms with Gasteiger partial charge >= 0.3 is 5.97 Å². The van der Waals surface area contributed by atoms with Gasteiger partial charge in [0, 0.05) is 6.26 Å². The van der Waals surface area contributed by atoms with Crippen molar-refractivity contribution in [1.29, 1.82) is 0 Å². The number of fused-ring (bicyclic) bond motifs is 1. The molecule has 0 spiro atoms. The molecule has 0 amide bonds. The first-order valence-electron chi connectivity index (χ1n) is 8.17. The molecule has 1 N–H and O–H groups in total. The van der Waals surface area contributed by atoms with E-state index < -0.39 is 21.9 Å². The number of sulfone groups is 1. The van der Waals surface area contributed by atoms with Crippen LogP contribution in [0.15, 0.2) is 52.2 Å². The average molecular weight is 386 g/mol. The van der Waals surface area contributed by atoms with Crippen molar-refractivity contribution >= 4 is 26.7 Å². The third-order valence-corrected chi connectivity index (χ3v) is 5.27. The molecule has 0 saturated carbocycles. The van der Waals surface area contributed by atoms with Gasteiger partial charge in [0.1, 0.15) is 0 Å². The van der Waals surface area contributed by atoms with Crippen molar-refractivity contribution in [2.24, 2.45) is 0 Å². The van der Waals surface area contributed by atoms with E-state index in [4.69, 9.17) is 4.74 Å².